The fourth-order valence-electron chi connectivity index (χ4n) is 1.41. The Hall–Kier alpha value is -1.76. The van der Waals surface area contributed by atoms with Gasteiger partial charge in [-0.1, -0.05) is 12.1 Å². The van der Waals surface area contributed by atoms with Crippen molar-refractivity contribution < 1.29 is 17.9 Å². The molecule has 0 spiro atoms. The van der Waals surface area contributed by atoms with Crippen LogP contribution in [0.1, 0.15) is 5.56 Å². The normalized spacial score (nSPS) is 11.6. The van der Waals surface area contributed by atoms with Gasteiger partial charge in [-0.15, -0.1) is 24.5 Å². The molecule has 1 heterocycles. The minimum atomic E-state index is -4.70. The molecule has 96 valence electrons. The van der Waals surface area contributed by atoms with E-state index in [-0.39, 0.29) is 5.75 Å². The minimum absolute atomic E-state index is 0.230. The third-order valence-corrected chi connectivity index (χ3v) is 2.91. The lowest BCUT2D eigenvalue weighted by atomic mass is 10.1. The summed E-state index contributed by atoms with van der Waals surface area (Å²) in [6.07, 6.45) is -4.70. The highest BCUT2D eigenvalue weighted by Crippen LogP contribution is 2.31. The maximum absolute atomic E-state index is 12.2. The van der Waals surface area contributed by atoms with Crippen LogP contribution in [0, 0.1) is 6.92 Å². The number of benzene rings is 1. The highest BCUT2D eigenvalue weighted by Gasteiger charge is 2.31. The van der Waals surface area contributed by atoms with E-state index in [0.717, 1.165) is 0 Å². The first-order valence-electron chi connectivity index (χ1n) is 4.93. The van der Waals surface area contributed by atoms with E-state index in [1.165, 1.54) is 17.4 Å². The number of halogens is 3. The monoisotopic (exact) mass is 274 g/mol. The molecule has 0 unspecified atom stereocenters. The van der Waals surface area contributed by atoms with Gasteiger partial charge < -0.3 is 10.5 Å². The van der Waals surface area contributed by atoms with E-state index in [2.05, 4.69) is 9.72 Å². The van der Waals surface area contributed by atoms with Crippen molar-refractivity contribution in [2.24, 2.45) is 0 Å². The van der Waals surface area contributed by atoms with E-state index in [1.54, 1.807) is 24.4 Å². The Morgan fingerprint density at radius 3 is 2.61 bits per heavy atom. The lowest BCUT2D eigenvalue weighted by Crippen LogP contribution is -2.17. The fourth-order valence-corrected chi connectivity index (χ4v) is 1.99. The largest absolute Gasteiger partial charge is 0.573 e. The second-order valence-corrected chi connectivity index (χ2v) is 4.49. The Morgan fingerprint density at radius 2 is 2.06 bits per heavy atom. The predicted octanol–water partition coefficient (Wildman–Crippen LogP) is 3.60. The highest BCUT2D eigenvalue weighted by atomic mass is 32.1. The summed E-state index contributed by atoms with van der Waals surface area (Å²) in [5.41, 5.74) is 6.95. The van der Waals surface area contributed by atoms with Crippen LogP contribution in [0.3, 0.4) is 0 Å². The number of aromatic nitrogens is 1. The summed E-state index contributed by atoms with van der Waals surface area (Å²) in [6, 6.07) is 4.52. The SMILES string of the molecule is Cc1ccc(-c2csc(N)n2)cc1OC(F)(F)F. The molecule has 0 saturated heterocycles. The summed E-state index contributed by atoms with van der Waals surface area (Å²) in [5.74, 6) is -0.230. The van der Waals surface area contributed by atoms with Gasteiger partial charge in [0.25, 0.3) is 0 Å². The molecule has 0 radical (unpaired) electrons. The van der Waals surface area contributed by atoms with Crippen molar-refractivity contribution in [3.63, 3.8) is 0 Å². The molecule has 2 N–H and O–H groups in total. The zero-order valence-electron chi connectivity index (χ0n) is 9.28. The minimum Gasteiger partial charge on any atom is -0.405 e. The first kappa shape index (κ1) is 12.7. The fraction of sp³-hybridized carbons (Fsp3) is 0.182. The zero-order valence-corrected chi connectivity index (χ0v) is 10.1. The Kier molecular flexibility index (Phi) is 3.16. The van der Waals surface area contributed by atoms with Gasteiger partial charge in [0.2, 0.25) is 0 Å². The van der Waals surface area contributed by atoms with Gasteiger partial charge in [-0.2, -0.15) is 0 Å². The van der Waals surface area contributed by atoms with Gasteiger partial charge in [-0.25, -0.2) is 4.98 Å². The van der Waals surface area contributed by atoms with Crippen molar-refractivity contribution in [1.82, 2.24) is 4.98 Å². The van der Waals surface area contributed by atoms with Crippen LogP contribution in [0.2, 0.25) is 0 Å². The van der Waals surface area contributed by atoms with Crippen LogP contribution < -0.4 is 10.5 Å². The van der Waals surface area contributed by atoms with Gasteiger partial charge in [0, 0.05) is 10.9 Å². The molecule has 3 nitrogen and oxygen atoms in total. The van der Waals surface area contributed by atoms with Gasteiger partial charge in [0.05, 0.1) is 5.69 Å². The number of nitrogens with two attached hydrogens (primary N) is 1. The summed E-state index contributed by atoms with van der Waals surface area (Å²) < 4.78 is 40.6. The average Bonchev–Trinajstić information content (AvgIpc) is 2.66. The van der Waals surface area contributed by atoms with Crippen LogP contribution in [-0.2, 0) is 0 Å². The molecule has 1 aromatic carbocycles. The molecule has 18 heavy (non-hydrogen) atoms. The van der Waals surface area contributed by atoms with Crippen molar-refractivity contribution in [1.29, 1.82) is 0 Å². The molecular formula is C11H9F3N2OS. The quantitative estimate of drug-likeness (QED) is 0.910. The lowest BCUT2D eigenvalue weighted by molar-refractivity contribution is -0.274. The van der Waals surface area contributed by atoms with Crippen molar-refractivity contribution in [2.45, 2.75) is 13.3 Å². The number of rotatable bonds is 2. The standard InChI is InChI=1S/C11H9F3N2OS/c1-6-2-3-7(8-5-18-10(15)16-8)4-9(6)17-11(12,13)14/h2-5H,1H3,(H2,15,16). The molecule has 1 aromatic heterocycles. The Morgan fingerprint density at radius 1 is 1.33 bits per heavy atom. The smallest absolute Gasteiger partial charge is 0.405 e. The van der Waals surface area contributed by atoms with Crippen molar-refractivity contribution in [3.05, 3.63) is 29.1 Å². The van der Waals surface area contributed by atoms with E-state index >= 15 is 0 Å². The number of hydrogen-bond donors (Lipinski definition) is 1. The van der Waals surface area contributed by atoms with Crippen LogP contribution in [0.4, 0.5) is 18.3 Å². The number of nitrogens with zero attached hydrogens (tertiary/aromatic N) is 1. The van der Waals surface area contributed by atoms with Crippen LogP contribution >= 0.6 is 11.3 Å². The van der Waals surface area contributed by atoms with Crippen molar-refractivity contribution in [2.75, 3.05) is 5.73 Å². The Balaban J connectivity index is 2.37. The van der Waals surface area contributed by atoms with Crippen LogP contribution in [-0.4, -0.2) is 11.3 Å². The van der Waals surface area contributed by atoms with Gasteiger partial charge in [-0.05, 0) is 18.6 Å². The Bertz CT molecular complexity index is 566. The van der Waals surface area contributed by atoms with E-state index < -0.39 is 6.36 Å². The van der Waals surface area contributed by atoms with Crippen molar-refractivity contribution in [3.8, 4) is 17.0 Å². The molecule has 0 aliphatic carbocycles. The van der Waals surface area contributed by atoms with Gasteiger partial charge >= 0.3 is 6.36 Å². The summed E-state index contributed by atoms with van der Waals surface area (Å²) in [4.78, 5) is 4.01. The van der Waals surface area contributed by atoms with Crippen LogP contribution in [0.5, 0.6) is 5.75 Å². The number of ether oxygens (including phenoxy) is 1. The van der Waals surface area contributed by atoms with E-state index in [0.29, 0.717) is 22.0 Å². The van der Waals surface area contributed by atoms with Gasteiger partial charge in [0.1, 0.15) is 5.75 Å². The molecule has 2 aromatic rings. The lowest BCUT2D eigenvalue weighted by Gasteiger charge is -2.12. The predicted molar refractivity (Wildman–Crippen MR) is 63.4 cm³/mol. The summed E-state index contributed by atoms with van der Waals surface area (Å²) in [5, 5.41) is 2.04. The van der Waals surface area contributed by atoms with E-state index in [1.807, 2.05) is 0 Å². The zero-order chi connectivity index (χ0) is 13.3. The summed E-state index contributed by atoms with van der Waals surface area (Å²) in [6.45, 7) is 1.54. The third kappa shape index (κ3) is 2.92. The molecule has 0 aliphatic heterocycles. The first-order chi connectivity index (χ1) is 8.35. The molecule has 0 saturated carbocycles. The molecule has 7 heteroatoms. The molecule has 0 atom stereocenters. The molecule has 2 rings (SSSR count). The number of nitrogen functional groups attached to an aromatic ring is 1. The number of aryl methyl sites for hydroxylation is 1. The topological polar surface area (TPSA) is 48.1 Å². The third-order valence-electron chi connectivity index (χ3n) is 2.23. The maximum Gasteiger partial charge on any atom is 0.573 e. The maximum atomic E-state index is 12.2. The molecular weight excluding hydrogens is 265 g/mol. The van der Waals surface area contributed by atoms with E-state index in [4.69, 9.17) is 5.73 Å². The second kappa shape index (κ2) is 4.49. The molecule has 0 bridgehead atoms. The summed E-state index contributed by atoms with van der Waals surface area (Å²) in [7, 11) is 0. The average molecular weight is 274 g/mol. The molecule has 0 fully saturated rings. The number of thiazole rings is 1. The van der Waals surface area contributed by atoms with Crippen LogP contribution in [0.25, 0.3) is 11.3 Å². The highest BCUT2D eigenvalue weighted by molar-refractivity contribution is 7.13. The number of hydrogen-bond acceptors (Lipinski definition) is 4. The number of anilines is 1. The van der Waals surface area contributed by atoms with Gasteiger partial charge in [-0.3, -0.25) is 0 Å². The summed E-state index contributed by atoms with van der Waals surface area (Å²) >= 11 is 1.23. The van der Waals surface area contributed by atoms with Crippen molar-refractivity contribution >= 4 is 16.5 Å². The molecule has 0 amide bonds. The Labute approximate surface area is 105 Å². The first-order valence-corrected chi connectivity index (χ1v) is 5.81. The van der Waals surface area contributed by atoms with Gasteiger partial charge in [0.15, 0.2) is 5.13 Å². The second-order valence-electron chi connectivity index (χ2n) is 3.60. The number of alkyl halides is 3. The van der Waals surface area contributed by atoms with E-state index in [9.17, 15) is 13.2 Å². The van der Waals surface area contributed by atoms with Crippen LogP contribution in [0.15, 0.2) is 23.6 Å². The molecule has 0 aliphatic rings.